The summed E-state index contributed by atoms with van der Waals surface area (Å²) in [6.07, 6.45) is 5.66. The summed E-state index contributed by atoms with van der Waals surface area (Å²) in [5.74, 6) is 0. The van der Waals surface area contributed by atoms with Gasteiger partial charge in [0.2, 0.25) is 0 Å². The number of anilines is 1. The zero-order chi connectivity index (χ0) is 14.7. The quantitative estimate of drug-likeness (QED) is 0.610. The third kappa shape index (κ3) is 4.99. The van der Waals surface area contributed by atoms with Crippen molar-refractivity contribution in [1.29, 1.82) is 0 Å². The summed E-state index contributed by atoms with van der Waals surface area (Å²) in [4.78, 5) is 0. The number of para-hydroxylation sites is 1. The van der Waals surface area contributed by atoms with Gasteiger partial charge in [0, 0.05) is 0 Å². The Hall–Kier alpha value is -0.986. The average Bonchev–Trinajstić information content (AvgIpc) is 2.95. The number of hydrogen-bond donors (Lipinski definition) is 0. The first-order valence-electron chi connectivity index (χ1n) is 7.23. The van der Waals surface area contributed by atoms with Gasteiger partial charge in [-0.1, -0.05) is 0 Å². The maximum Gasteiger partial charge on any atom is -1.00 e. The van der Waals surface area contributed by atoms with Crippen molar-refractivity contribution in [3.05, 3.63) is 83.4 Å². The first kappa shape index (κ1) is 20.1. The van der Waals surface area contributed by atoms with Crippen LogP contribution in [-0.2, 0) is 27.2 Å². The van der Waals surface area contributed by atoms with Crippen LogP contribution in [0.5, 0.6) is 0 Å². The zero-order valence-corrected chi connectivity index (χ0v) is 16.0. The third-order valence-corrected chi connectivity index (χ3v) is 4.46. The second-order valence-corrected chi connectivity index (χ2v) is 6.24. The number of benzene rings is 2. The van der Waals surface area contributed by atoms with E-state index in [1.54, 1.807) is 0 Å². The van der Waals surface area contributed by atoms with Gasteiger partial charge in [0.15, 0.2) is 0 Å². The number of hydrogen-bond acceptors (Lipinski definition) is 1. The summed E-state index contributed by atoms with van der Waals surface area (Å²) in [6.45, 7) is 3.10. The molecule has 0 saturated heterocycles. The van der Waals surface area contributed by atoms with E-state index in [1.165, 1.54) is 28.0 Å². The molecule has 0 N–H and O–H groups in total. The molecule has 1 aliphatic rings. The molecule has 0 spiro atoms. The summed E-state index contributed by atoms with van der Waals surface area (Å²) in [7, 11) is 0. The molecule has 0 saturated carbocycles. The van der Waals surface area contributed by atoms with Gasteiger partial charge in [0.1, 0.15) is 0 Å². The van der Waals surface area contributed by atoms with Crippen molar-refractivity contribution in [2.45, 2.75) is 19.9 Å². The van der Waals surface area contributed by atoms with Crippen LogP contribution in [0.2, 0.25) is 0 Å². The van der Waals surface area contributed by atoms with E-state index in [1.807, 2.05) is 0 Å². The summed E-state index contributed by atoms with van der Waals surface area (Å²) in [5, 5.41) is 0. The molecular formula is C19H18Cl2NTi. The Kier molecular flexibility index (Phi) is 8.15. The minimum Gasteiger partial charge on any atom is -1.00 e. The van der Waals surface area contributed by atoms with E-state index in [0.717, 1.165) is 13.0 Å². The van der Waals surface area contributed by atoms with Gasteiger partial charge in [-0.15, -0.1) is 0 Å². The molecule has 0 fully saturated rings. The summed E-state index contributed by atoms with van der Waals surface area (Å²) in [6, 6.07) is 19.3. The molecule has 0 atom stereocenters. The average molecular weight is 379 g/mol. The molecule has 0 amide bonds. The van der Waals surface area contributed by atoms with Crippen LogP contribution in [0, 0.1) is 0 Å². The molecule has 1 nitrogen and oxygen atoms in total. The van der Waals surface area contributed by atoms with Crippen LogP contribution in [0.3, 0.4) is 0 Å². The van der Waals surface area contributed by atoms with Crippen molar-refractivity contribution in [2.24, 2.45) is 0 Å². The van der Waals surface area contributed by atoms with E-state index in [2.05, 4.69) is 97.7 Å². The Morgan fingerprint density at radius 2 is 1.61 bits per heavy atom. The van der Waals surface area contributed by atoms with Crippen LogP contribution < -0.4 is 28.2 Å². The molecule has 4 heteroatoms. The van der Waals surface area contributed by atoms with E-state index in [-0.39, 0.29) is 24.8 Å². The fourth-order valence-electron chi connectivity index (χ4n) is 2.69. The monoisotopic (exact) mass is 378 g/mol. The van der Waals surface area contributed by atoms with Crippen LogP contribution in [0.4, 0.5) is 5.69 Å². The first-order chi connectivity index (χ1) is 10.2. The van der Waals surface area contributed by atoms with Gasteiger partial charge in [-0.2, -0.15) is 0 Å². The number of halogens is 2. The van der Waals surface area contributed by atoms with E-state index in [4.69, 9.17) is 0 Å². The molecular weight excluding hydrogens is 361 g/mol. The molecule has 2 aromatic carbocycles. The Balaban J connectivity index is 0.00000132. The molecule has 0 heterocycles. The molecule has 23 heavy (non-hydrogen) atoms. The van der Waals surface area contributed by atoms with Gasteiger partial charge in [0.25, 0.3) is 0 Å². The molecule has 0 aromatic heterocycles. The maximum absolute atomic E-state index is 2.31. The summed E-state index contributed by atoms with van der Waals surface area (Å²) >= 11 is 2.15. The molecule has 117 valence electrons. The second-order valence-electron chi connectivity index (χ2n) is 5.40. The Morgan fingerprint density at radius 3 is 2.26 bits per heavy atom. The van der Waals surface area contributed by atoms with E-state index in [9.17, 15) is 0 Å². The van der Waals surface area contributed by atoms with Crippen molar-refractivity contribution < 1.29 is 45.5 Å². The number of allylic oxidation sites excluding steroid dienone is 4. The van der Waals surface area contributed by atoms with E-state index < -0.39 is 0 Å². The van der Waals surface area contributed by atoms with Gasteiger partial charge < -0.3 is 24.8 Å². The van der Waals surface area contributed by atoms with Crippen molar-refractivity contribution >= 4 is 11.3 Å². The smallest absolute Gasteiger partial charge is 1.00 e. The van der Waals surface area contributed by atoms with Crippen LogP contribution in [0.1, 0.15) is 24.5 Å². The first-order valence-corrected chi connectivity index (χ1v) is 7.93. The predicted molar refractivity (Wildman–Crippen MR) is 85.4 cm³/mol. The Morgan fingerprint density at radius 1 is 0.957 bits per heavy atom. The van der Waals surface area contributed by atoms with Gasteiger partial charge >= 0.3 is 139 Å². The zero-order valence-electron chi connectivity index (χ0n) is 13.0. The molecule has 1 aliphatic carbocycles. The van der Waals surface area contributed by atoms with Gasteiger partial charge in [-0.25, -0.2) is 0 Å². The van der Waals surface area contributed by atoms with Crippen molar-refractivity contribution in [2.75, 3.05) is 3.38 Å². The minimum absolute atomic E-state index is 0. The van der Waals surface area contributed by atoms with E-state index in [0.29, 0.717) is 0 Å². The second kappa shape index (κ2) is 9.34. The molecule has 0 bridgehead atoms. The standard InChI is InChI=1S/C19H18N.2ClH.Ti/c1-15-11-12-16(13-15)19-10-6-5-7-17(19)14-20-18-8-3-2-4-9-18;;;/h2-11,13H,12,14H2,1H3;2*1H;/q-1;;;+3/p-2. The van der Waals surface area contributed by atoms with Gasteiger partial charge in [0.05, 0.1) is 0 Å². The molecule has 0 aliphatic heterocycles. The summed E-state index contributed by atoms with van der Waals surface area (Å²) in [5.41, 5.74) is 6.83. The SMILES string of the molecule is CC1=CCC(c2ccccc2C[N]([Ti+2])c2ccccc2)=C1.[Cl-].[Cl-]. The van der Waals surface area contributed by atoms with Gasteiger partial charge in [-0.05, 0) is 0 Å². The predicted octanol–water partition coefficient (Wildman–Crippen LogP) is -1.10. The minimum atomic E-state index is 0. The fraction of sp³-hybridized carbons (Fsp3) is 0.158. The molecule has 0 unspecified atom stereocenters. The maximum atomic E-state index is 2.31. The third-order valence-electron chi connectivity index (χ3n) is 3.81. The molecule has 3 rings (SSSR count). The topological polar surface area (TPSA) is 3.24 Å². The van der Waals surface area contributed by atoms with Crippen molar-refractivity contribution in [3.8, 4) is 0 Å². The molecule has 2 aromatic rings. The Labute approximate surface area is 163 Å². The summed E-state index contributed by atoms with van der Waals surface area (Å²) < 4.78 is 2.30. The van der Waals surface area contributed by atoms with Gasteiger partial charge in [-0.3, -0.25) is 0 Å². The number of rotatable bonds is 4. The van der Waals surface area contributed by atoms with Crippen molar-refractivity contribution in [3.63, 3.8) is 0 Å². The van der Waals surface area contributed by atoms with Crippen molar-refractivity contribution in [1.82, 2.24) is 0 Å². The number of nitrogens with zero attached hydrogens (tertiary/aromatic N) is 1. The Bertz CT molecular complexity index is 696. The normalized spacial score (nSPS) is 12.7. The van der Waals surface area contributed by atoms with Crippen LogP contribution >= 0.6 is 0 Å². The van der Waals surface area contributed by atoms with E-state index >= 15 is 0 Å². The largest absolute Gasteiger partial charge is 1.00 e. The van der Waals surface area contributed by atoms with Crippen LogP contribution in [0.15, 0.2) is 72.3 Å². The van der Waals surface area contributed by atoms with Crippen LogP contribution in [-0.4, -0.2) is 0 Å². The van der Waals surface area contributed by atoms with Crippen LogP contribution in [0.25, 0.3) is 5.57 Å². The fourth-order valence-corrected chi connectivity index (χ4v) is 3.19. The molecule has 0 radical (unpaired) electrons.